The largest absolute Gasteiger partial charge is 0.469 e. The minimum atomic E-state index is -0.268. The topological polar surface area (TPSA) is 91.6 Å². The number of aromatic nitrogens is 2. The predicted octanol–water partition coefficient (Wildman–Crippen LogP) is 3.73. The van der Waals surface area contributed by atoms with E-state index in [-0.39, 0.29) is 18.2 Å². The first-order valence-corrected chi connectivity index (χ1v) is 12.1. The number of hydrogen-bond acceptors (Lipinski definition) is 7. The highest BCUT2D eigenvalue weighted by Gasteiger charge is 2.23. The lowest BCUT2D eigenvalue weighted by Crippen LogP contribution is -2.48. The number of benzene rings is 1. The first-order valence-electron chi connectivity index (χ1n) is 11.2. The smallest absolute Gasteiger partial charge is 0.260 e. The molecule has 5 rings (SSSR count). The lowest BCUT2D eigenvalue weighted by molar-refractivity contribution is -0.132. The molecule has 0 saturated carbocycles. The van der Waals surface area contributed by atoms with Crippen LogP contribution >= 0.6 is 11.3 Å². The number of carbonyl (C=O) groups is 2. The number of thiazole rings is 1. The minimum Gasteiger partial charge on any atom is -0.469 e. The standard InChI is InChI=1S/C25H25N5O3S/c1-17-21(7-13-33-17)24(32)28-25-27-20(16-34-25)14-22(31)30-11-9-29(10-12-30)15-19-5-2-4-18-6-3-8-26-23(18)19/h2-8,13,16H,9-12,14-15H2,1H3,(H,27,28,32). The molecule has 9 heteroatoms. The molecule has 1 fully saturated rings. The number of furan rings is 1. The second-order valence-electron chi connectivity index (χ2n) is 8.31. The van der Waals surface area contributed by atoms with Crippen LogP contribution in [0.15, 0.2) is 58.7 Å². The summed E-state index contributed by atoms with van der Waals surface area (Å²) in [6.07, 6.45) is 3.54. The van der Waals surface area contributed by atoms with E-state index >= 15 is 0 Å². The molecular formula is C25H25N5O3S. The third-order valence-corrected chi connectivity index (χ3v) is 6.85. The molecule has 1 aliphatic heterocycles. The number of aryl methyl sites for hydroxylation is 1. The van der Waals surface area contributed by atoms with E-state index < -0.39 is 0 Å². The molecule has 8 nitrogen and oxygen atoms in total. The van der Waals surface area contributed by atoms with Crippen molar-refractivity contribution in [1.29, 1.82) is 0 Å². The van der Waals surface area contributed by atoms with Crippen LogP contribution in [0.1, 0.15) is 27.4 Å². The lowest BCUT2D eigenvalue weighted by atomic mass is 10.1. The number of nitrogens with one attached hydrogen (secondary N) is 1. The van der Waals surface area contributed by atoms with Crippen LogP contribution in [0.3, 0.4) is 0 Å². The minimum absolute atomic E-state index is 0.0559. The first kappa shape index (κ1) is 22.2. The zero-order chi connectivity index (χ0) is 23.5. The van der Waals surface area contributed by atoms with Crippen molar-refractivity contribution in [3.05, 3.63) is 76.8 Å². The quantitative estimate of drug-likeness (QED) is 0.457. The summed E-state index contributed by atoms with van der Waals surface area (Å²) >= 11 is 1.31. The highest BCUT2D eigenvalue weighted by molar-refractivity contribution is 7.14. The maximum Gasteiger partial charge on any atom is 0.260 e. The molecule has 1 aliphatic rings. The van der Waals surface area contributed by atoms with Gasteiger partial charge in [-0.1, -0.05) is 24.3 Å². The van der Waals surface area contributed by atoms with Crippen LogP contribution in [-0.4, -0.2) is 57.8 Å². The van der Waals surface area contributed by atoms with Crippen molar-refractivity contribution in [2.24, 2.45) is 0 Å². The molecule has 4 heterocycles. The predicted molar refractivity (Wildman–Crippen MR) is 131 cm³/mol. The van der Waals surface area contributed by atoms with Gasteiger partial charge >= 0.3 is 0 Å². The van der Waals surface area contributed by atoms with Crippen molar-refractivity contribution in [2.45, 2.75) is 19.9 Å². The van der Waals surface area contributed by atoms with Crippen LogP contribution < -0.4 is 5.32 Å². The molecule has 2 amide bonds. The Hall–Kier alpha value is -3.56. The van der Waals surface area contributed by atoms with Gasteiger partial charge in [-0.05, 0) is 24.6 Å². The highest BCUT2D eigenvalue weighted by Crippen LogP contribution is 2.20. The van der Waals surface area contributed by atoms with E-state index in [0.717, 1.165) is 30.5 Å². The first-order chi connectivity index (χ1) is 16.6. The second kappa shape index (κ2) is 9.74. The summed E-state index contributed by atoms with van der Waals surface area (Å²) in [5.41, 5.74) is 3.39. The second-order valence-corrected chi connectivity index (χ2v) is 9.17. The molecule has 1 N–H and O–H groups in total. The number of pyridine rings is 1. The average Bonchev–Trinajstić information content (AvgIpc) is 3.48. The Morgan fingerprint density at radius 1 is 1.12 bits per heavy atom. The van der Waals surface area contributed by atoms with Crippen molar-refractivity contribution in [1.82, 2.24) is 19.8 Å². The Morgan fingerprint density at radius 2 is 1.94 bits per heavy atom. The van der Waals surface area contributed by atoms with E-state index in [9.17, 15) is 9.59 Å². The van der Waals surface area contributed by atoms with Crippen LogP contribution in [0.25, 0.3) is 10.9 Å². The fourth-order valence-electron chi connectivity index (χ4n) is 4.19. The molecule has 0 aliphatic carbocycles. The zero-order valence-electron chi connectivity index (χ0n) is 18.9. The molecule has 0 radical (unpaired) electrons. The van der Waals surface area contributed by atoms with Gasteiger partial charge in [0.2, 0.25) is 5.91 Å². The fourth-order valence-corrected chi connectivity index (χ4v) is 4.89. The molecule has 174 valence electrons. The van der Waals surface area contributed by atoms with Crippen LogP contribution in [-0.2, 0) is 17.8 Å². The van der Waals surface area contributed by atoms with E-state index in [2.05, 4.69) is 44.5 Å². The van der Waals surface area contributed by atoms with Crippen molar-refractivity contribution < 1.29 is 14.0 Å². The van der Waals surface area contributed by atoms with Gasteiger partial charge in [0.15, 0.2) is 5.13 Å². The molecule has 1 saturated heterocycles. The van der Waals surface area contributed by atoms with Gasteiger partial charge in [-0.25, -0.2) is 4.98 Å². The summed E-state index contributed by atoms with van der Waals surface area (Å²) < 4.78 is 5.17. The Balaban J connectivity index is 1.13. The summed E-state index contributed by atoms with van der Waals surface area (Å²) in [7, 11) is 0. The van der Waals surface area contributed by atoms with Gasteiger partial charge in [0.1, 0.15) is 5.76 Å². The van der Waals surface area contributed by atoms with Gasteiger partial charge in [-0.15, -0.1) is 11.3 Å². The van der Waals surface area contributed by atoms with E-state index in [0.29, 0.717) is 35.2 Å². The Morgan fingerprint density at radius 3 is 2.74 bits per heavy atom. The van der Waals surface area contributed by atoms with Gasteiger partial charge in [0.05, 0.1) is 29.5 Å². The van der Waals surface area contributed by atoms with Gasteiger partial charge in [0.25, 0.3) is 5.91 Å². The number of amides is 2. The van der Waals surface area contributed by atoms with Crippen molar-refractivity contribution in [3.63, 3.8) is 0 Å². The van der Waals surface area contributed by atoms with Gasteiger partial charge in [0, 0.05) is 49.7 Å². The summed E-state index contributed by atoms with van der Waals surface area (Å²) in [6.45, 7) is 5.56. The Bertz CT molecular complexity index is 1320. The number of anilines is 1. The molecule has 34 heavy (non-hydrogen) atoms. The molecule has 0 bridgehead atoms. The third kappa shape index (κ3) is 4.85. The van der Waals surface area contributed by atoms with Crippen LogP contribution in [0, 0.1) is 6.92 Å². The number of rotatable bonds is 6. The van der Waals surface area contributed by atoms with Crippen molar-refractivity contribution >= 4 is 39.2 Å². The fraction of sp³-hybridized carbons (Fsp3) is 0.280. The molecular weight excluding hydrogens is 450 g/mol. The summed E-state index contributed by atoms with van der Waals surface area (Å²) in [6, 6.07) is 11.9. The monoisotopic (exact) mass is 475 g/mol. The van der Waals surface area contributed by atoms with Crippen LogP contribution in [0.2, 0.25) is 0 Å². The SMILES string of the molecule is Cc1occc1C(=O)Nc1nc(CC(=O)N2CCN(Cc3cccc4cccnc34)CC2)cs1. The van der Waals surface area contributed by atoms with E-state index in [1.807, 2.05) is 22.5 Å². The number of para-hydroxylation sites is 1. The summed E-state index contributed by atoms with van der Waals surface area (Å²) in [5.74, 6) is 0.344. The molecule has 0 spiro atoms. The molecule has 4 aromatic rings. The van der Waals surface area contributed by atoms with Crippen molar-refractivity contribution in [3.8, 4) is 0 Å². The molecule has 3 aromatic heterocycles. The maximum absolute atomic E-state index is 12.8. The van der Waals surface area contributed by atoms with Crippen molar-refractivity contribution in [2.75, 3.05) is 31.5 Å². The number of carbonyl (C=O) groups excluding carboxylic acids is 2. The Labute approximate surface area is 201 Å². The van der Waals surface area contributed by atoms with E-state index in [1.54, 1.807) is 13.0 Å². The van der Waals surface area contributed by atoms with E-state index in [1.165, 1.54) is 23.2 Å². The molecule has 0 atom stereocenters. The van der Waals surface area contributed by atoms with Crippen LogP contribution in [0.4, 0.5) is 5.13 Å². The van der Waals surface area contributed by atoms with Gasteiger partial charge < -0.3 is 9.32 Å². The van der Waals surface area contributed by atoms with E-state index in [4.69, 9.17) is 4.42 Å². The highest BCUT2D eigenvalue weighted by atomic mass is 32.1. The number of fused-ring (bicyclic) bond motifs is 1. The normalized spacial score (nSPS) is 14.4. The number of piperazine rings is 1. The summed E-state index contributed by atoms with van der Waals surface area (Å²) in [5, 5.41) is 6.21. The number of hydrogen-bond donors (Lipinski definition) is 1. The molecule has 0 unspecified atom stereocenters. The van der Waals surface area contributed by atoms with Gasteiger partial charge in [-0.2, -0.15) is 0 Å². The van der Waals surface area contributed by atoms with Crippen LogP contribution in [0.5, 0.6) is 0 Å². The molecule has 1 aromatic carbocycles. The summed E-state index contributed by atoms with van der Waals surface area (Å²) in [4.78, 5) is 38.4. The maximum atomic E-state index is 12.8. The zero-order valence-corrected chi connectivity index (χ0v) is 19.7. The average molecular weight is 476 g/mol. The third-order valence-electron chi connectivity index (χ3n) is 6.04. The number of nitrogens with zero attached hydrogens (tertiary/aromatic N) is 4. The lowest BCUT2D eigenvalue weighted by Gasteiger charge is -2.34. The Kier molecular flexibility index (Phi) is 6.37. The van der Waals surface area contributed by atoms with Gasteiger partial charge in [-0.3, -0.25) is 24.8 Å².